The van der Waals surface area contributed by atoms with Gasteiger partial charge in [-0.15, -0.1) is 0 Å². The number of nitriles is 1. The largest absolute Gasteiger partial charge is 0.457 e. The molecule has 19 rings (SSSR count). The molecule has 0 radical (unpaired) electrons. The highest BCUT2D eigenvalue weighted by Crippen LogP contribution is 2.41. The molecule has 0 atom stereocenters. The first-order chi connectivity index (χ1) is 55.4. The predicted octanol–water partition coefficient (Wildman–Crippen LogP) is 22.8. The van der Waals surface area contributed by atoms with Crippen molar-refractivity contribution in [3.8, 4) is 62.7 Å². The Hall–Kier alpha value is -13.4. The van der Waals surface area contributed by atoms with Crippen molar-refractivity contribution in [2.45, 2.75) is 91.6 Å². The molecular formula is C97H84ClFN12O2. The van der Waals surface area contributed by atoms with Crippen molar-refractivity contribution in [1.82, 2.24) is 52.8 Å². The summed E-state index contributed by atoms with van der Waals surface area (Å²) >= 11 is 6.27. The number of benzene rings is 11. The Kier molecular flexibility index (Phi) is 21.8. The Labute approximate surface area is 661 Å². The molecule has 0 bridgehead atoms. The number of hydrogen-bond acceptors (Lipinski definition) is 7. The summed E-state index contributed by atoms with van der Waals surface area (Å²) in [5.41, 5.74) is 24.1. The van der Waals surface area contributed by atoms with Gasteiger partial charge in [0.25, 0.3) is 0 Å². The number of hydrogen-bond donors (Lipinski definition) is 0. The van der Waals surface area contributed by atoms with Gasteiger partial charge in [-0.3, -0.25) is 0 Å². The monoisotopic (exact) mass is 1500 g/mol. The lowest BCUT2D eigenvalue weighted by molar-refractivity contribution is -0.117. The van der Waals surface area contributed by atoms with Crippen LogP contribution in [0.4, 0.5) is 4.39 Å². The minimum absolute atomic E-state index is 0.227. The van der Waals surface area contributed by atoms with E-state index >= 15 is 0 Å². The van der Waals surface area contributed by atoms with Crippen molar-refractivity contribution in [3.05, 3.63) is 360 Å². The standard InChI is InChI=1S/C28H19ClN2O.C26H21FN4.C25H23N3.C18H21N3O/c29-22-10-6-20-16-21-7-11-23(18-27(21)26(20)17-22)31-28(14-15-30-31)19-8-12-25(13-9-19)32-24-4-2-1-3-5-24;1-2-30-25-11-8-20(27)15-23(25)24-16-22(10-12-26(24)30)31-21(13-14-29-31)9-7-18-3-5-19(17-28)6-4-18;1-2-27-24-11-7-6-10-22(24)23-18-21(14-15-25(23)27)28-20(16-17-26-28)13-12-19-8-4-3-5-9-19;1-14(22)5-3-4-6-16-9-11-19-21(16)17-7-8-18-15(13-17)10-12-20(18)2/h1-15,17-18H,16H2;3-6,8,10-16H,2,7,9H2,1H3;3-11,14-18H,2,12-13H2,1H3;7-13H,3-6H2,1-2H3. The summed E-state index contributed by atoms with van der Waals surface area (Å²) < 4.78 is 34.6. The normalized spacial score (nSPS) is 11.4. The van der Waals surface area contributed by atoms with Crippen LogP contribution in [-0.2, 0) is 63.5 Å². The Morgan fingerprint density at radius 3 is 1.60 bits per heavy atom. The van der Waals surface area contributed by atoms with Crippen molar-refractivity contribution in [3.63, 3.8) is 0 Å². The highest BCUT2D eigenvalue weighted by atomic mass is 35.5. The second kappa shape index (κ2) is 33.4. The first kappa shape index (κ1) is 73.7. The number of Topliss-reactive ketones (excluding diaryl/α,β-unsaturated/α-hetero) is 1. The molecule has 0 N–H and O–H groups in total. The number of nitrogens with zero attached hydrogens (tertiary/aromatic N) is 12. The van der Waals surface area contributed by atoms with Gasteiger partial charge in [-0.2, -0.15) is 25.7 Å². The number of aromatic nitrogens is 11. The Morgan fingerprint density at radius 1 is 0.460 bits per heavy atom. The van der Waals surface area contributed by atoms with E-state index in [1.165, 1.54) is 83.5 Å². The van der Waals surface area contributed by atoms with Crippen LogP contribution in [0.2, 0.25) is 5.02 Å². The third-order valence-corrected chi connectivity index (χ3v) is 21.5. The van der Waals surface area contributed by atoms with Gasteiger partial charge in [0.05, 0.1) is 46.3 Å². The van der Waals surface area contributed by atoms with Gasteiger partial charge in [-0.1, -0.05) is 103 Å². The van der Waals surface area contributed by atoms with E-state index in [0.717, 1.165) is 142 Å². The average molecular weight is 1500 g/mol. The number of rotatable bonds is 20. The van der Waals surface area contributed by atoms with Crippen molar-refractivity contribution >= 4 is 71.9 Å². The molecule has 16 heteroatoms. The van der Waals surface area contributed by atoms with Gasteiger partial charge >= 0.3 is 0 Å². The van der Waals surface area contributed by atoms with Crippen LogP contribution < -0.4 is 4.74 Å². The molecule has 1 aliphatic carbocycles. The van der Waals surface area contributed by atoms with Crippen molar-refractivity contribution in [2.75, 3.05) is 0 Å². The summed E-state index contributed by atoms with van der Waals surface area (Å²) in [6.45, 7) is 7.75. The van der Waals surface area contributed by atoms with Crippen LogP contribution >= 0.6 is 11.6 Å². The second-order valence-electron chi connectivity index (χ2n) is 28.5. The molecule has 0 saturated heterocycles. The van der Waals surface area contributed by atoms with E-state index in [0.29, 0.717) is 12.0 Å². The highest BCUT2D eigenvalue weighted by Gasteiger charge is 2.22. The summed E-state index contributed by atoms with van der Waals surface area (Å²) in [6, 6.07) is 94.4. The van der Waals surface area contributed by atoms with Gasteiger partial charge < -0.3 is 23.2 Å². The van der Waals surface area contributed by atoms with E-state index in [9.17, 15) is 9.18 Å². The maximum atomic E-state index is 14.0. The number of ketones is 1. The molecule has 0 aliphatic heterocycles. The first-order valence-corrected chi connectivity index (χ1v) is 39.0. The molecule has 7 aromatic heterocycles. The summed E-state index contributed by atoms with van der Waals surface area (Å²) in [5.74, 6) is 1.67. The number of halogens is 2. The lowest BCUT2D eigenvalue weighted by Crippen LogP contribution is -2.04. The second-order valence-corrected chi connectivity index (χ2v) is 29.0. The molecule has 7 heterocycles. The Balaban J connectivity index is 0.000000115. The van der Waals surface area contributed by atoms with Gasteiger partial charge in [-0.05, 0) is 288 Å². The van der Waals surface area contributed by atoms with Gasteiger partial charge in [0.15, 0.2) is 0 Å². The highest BCUT2D eigenvalue weighted by molar-refractivity contribution is 6.31. The van der Waals surface area contributed by atoms with Crippen molar-refractivity contribution in [1.29, 1.82) is 5.26 Å². The number of para-hydroxylation sites is 2. The molecule has 0 amide bonds. The minimum atomic E-state index is -0.227. The van der Waals surface area contributed by atoms with E-state index < -0.39 is 0 Å². The average Bonchev–Trinajstić information content (AvgIpc) is 1.62. The quantitative estimate of drug-likeness (QED) is 0.0693. The number of aryl methyl sites for hydroxylation is 8. The van der Waals surface area contributed by atoms with Crippen LogP contribution in [0.3, 0.4) is 0 Å². The molecule has 11 aromatic carbocycles. The third-order valence-electron chi connectivity index (χ3n) is 21.3. The number of unbranched alkanes of at least 4 members (excludes halogenated alkanes) is 1. The van der Waals surface area contributed by atoms with Gasteiger partial charge in [0.1, 0.15) is 23.1 Å². The first-order valence-electron chi connectivity index (χ1n) is 38.6. The van der Waals surface area contributed by atoms with Crippen molar-refractivity contribution in [2.24, 2.45) is 7.05 Å². The summed E-state index contributed by atoms with van der Waals surface area (Å²) in [4.78, 5) is 11.0. The zero-order chi connectivity index (χ0) is 77.3. The van der Waals surface area contributed by atoms with E-state index in [-0.39, 0.29) is 11.6 Å². The Morgan fingerprint density at radius 2 is 0.965 bits per heavy atom. The lowest BCUT2D eigenvalue weighted by Gasteiger charge is -2.11. The van der Waals surface area contributed by atoms with Crippen LogP contribution in [-0.4, -0.2) is 58.6 Å². The van der Waals surface area contributed by atoms with Crippen LogP contribution in [0.1, 0.15) is 84.9 Å². The molecule has 0 saturated carbocycles. The molecule has 14 nitrogen and oxygen atoms in total. The van der Waals surface area contributed by atoms with E-state index in [1.807, 2.05) is 130 Å². The molecular weight excluding hydrogens is 1420 g/mol. The predicted molar refractivity (Wildman–Crippen MR) is 454 cm³/mol. The van der Waals surface area contributed by atoms with Crippen LogP contribution in [0.5, 0.6) is 11.5 Å². The number of ether oxygens (including phenoxy) is 1. The summed E-state index contributed by atoms with van der Waals surface area (Å²) in [6.07, 6.45) is 17.7. The van der Waals surface area contributed by atoms with E-state index in [2.05, 4.69) is 242 Å². The maximum absolute atomic E-state index is 14.0. The fraction of sp³-hybridized carbons (Fsp3) is 0.155. The summed E-state index contributed by atoms with van der Waals surface area (Å²) in [5, 5.41) is 33.7. The SMILES string of the molecule is CC(=O)CCCCc1ccnn1-c1ccc2c(ccn2C)c1.CCn1c2ccc(F)cc2c2cc(-n3nccc3CCc3ccc(C#N)cc3)ccc21.CCn1c2ccccc2c2cc(-n3nccc3CCc3ccccc3)ccc21.Clc1ccc2c(c1)-c1cc(-n3nccc3-c3ccc(Oc4ccccc4)cc3)ccc1C2. The van der Waals surface area contributed by atoms with Crippen LogP contribution in [0.25, 0.3) is 99.6 Å². The van der Waals surface area contributed by atoms with Crippen LogP contribution in [0, 0.1) is 17.1 Å². The fourth-order valence-electron chi connectivity index (χ4n) is 15.6. The van der Waals surface area contributed by atoms with E-state index in [1.54, 1.807) is 13.0 Å². The number of carbonyl (C=O) groups is 1. The topological polar surface area (TPSA) is 136 Å². The molecule has 0 spiro atoms. The molecule has 558 valence electrons. The molecule has 0 unspecified atom stereocenters. The smallest absolute Gasteiger partial charge is 0.129 e. The zero-order valence-electron chi connectivity index (χ0n) is 63.6. The zero-order valence-corrected chi connectivity index (χ0v) is 64.3. The molecule has 18 aromatic rings. The van der Waals surface area contributed by atoms with Gasteiger partial charge in [0.2, 0.25) is 0 Å². The Bertz CT molecular complexity index is 6450. The summed E-state index contributed by atoms with van der Waals surface area (Å²) in [7, 11) is 2.05. The molecule has 113 heavy (non-hydrogen) atoms. The van der Waals surface area contributed by atoms with Crippen LogP contribution in [0.15, 0.2) is 304 Å². The number of carbonyl (C=O) groups excluding carboxylic acids is 1. The van der Waals surface area contributed by atoms with Gasteiger partial charge in [0, 0.05) is 134 Å². The van der Waals surface area contributed by atoms with E-state index in [4.69, 9.17) is 21.6 Å². The van der Waals surface area contributed by atoms with Crippen molar-refractivity contribution < 1.29 is 13.9 Å². The minimum Gasteiger partial charge on any atom is -0.457 e. The maximum Gasteiger partial charge on any atom is 0.129 e. The molecule has 0 fully saturated rings. The fourth-order valence-corrected chi connectivity index (χ4v) is 15.8. The lowest BCUT2D eigenvalue weighted by atomic mass is 10.0. The van der Waals surface area contributed by atoms with Gasteiger partial charge in [-0.25, -0.2) is 23.1 Å². The third kappa shape index (κ3) is 16.0. The molecule has 1 aliphatic rings. The number of fused-ring (bicyclic) bond motifs is 10.